The lowest BCUT2D eigenvalue weighted by Gasteiger charge is -2.28. The Labute approximate surface area is 215 Å². The second-order valence-electron chi connectivity index (χ2n) is 9.23. The monoisotopic (exact) mass is 501 g/mol. The van der Waals surface area contributed by atoms with Crippen molar-refractivity contribution in [2.75, 3.05) is 26.7 Å². The van der Waals surface area contributed by atoms with Gasteiger partial charge in [-0.1, -0.05) is 41.9 Å². The fourth-order valence-corrected chi connectivity index (χ4v) is 4.52. The number of hydrogen-bond acceptors (Lipinski definition) is 6. The molecule has 3 heterocycles. The topological polar surface area (TPSA) is 73.1 Å². The summed E-state index contributed by atoms with van der Waals surface area (Å²) in [6.07, 6.45) is 5.76. The Kier molecular flexibility index (Phi) is 7.39. The minimum Gasteiger partial charge on any atom is -0.490 e. The second-order valence-corrected chi connectivity index (χ2v) is 9.66. The van der Waals surface area contributed by atoms with E-state index < -0.39 is 0 Å². The van der Waals surface area contributed by atoms with Crippen LogP contribution < -0.4 is 10.3 Å². The predicted octanol–water partition coefficient (Wildman–Crippen LogP) is 4.79. The summed E-state index contributed by atoms with van der Waals surface area (Å²) in [4.78, 5) is 23.9. The number of piperidine rings is 1. The molecule has 0 bridgehead atoms. The molecule has 36 heavy (non-hydrogen) atoms. The molecule has 0 amide bonds. The molecule has 8 heteroatoms. The van der Waals surface area contributed by atoms with Crippen molar-refractivity contribution >= 4 is 11.6 Å². The maximum Gasteiger partial charge on any atom is 0.267 e. The van der Waals surface area contributed by atoms with E-state index in [1.54, 1.807) is 18.5 Å². The number of likely N-dealkylation sites (tertiary alicyclic amines) is 1. The van der Waals surface area contributed by atoms with Gasteiger partial charge in [-0.25, -0.2) is 14.6 Å². The number of halogens is 1. The van der Waals surface area contributed by atoms with E-state index in [1.165, 1.54) is 10.7 Å². The second kappa shape index (κ2) is 11.0. The summed E-state index contributed by atoms with van der Waals surface area (Å²) in [6, 6.07) is 18.5. The first-order valence-corrected chi connectivity index (χ1v) is 12.5. The van der Waals surface area contributed by atoms with Crippen LogP contribution in [0.1, 0.15) is 18.4 Å². The van der Waals surface area contributed by atoms with Gasteiger partial charge < -0.3 is 9.64 Å². The van der Waals surface area contributed by atoms with Crippen molar-refractivity contribution in [1.29, 1.82) is 0 Å². The molecule has 1 fully saturated rings. The van der Waals surface area contributed by atoms with Gasteiger partial charge >= 0.3 is 0 Å². The number of aromatic nitrogens is 4. The van der Waals surface area contributed by atoms with Crippen LogP contribution in [0.4, 0.5) is 0 Å². The first-order chi connectivity index (χ1) is 17.5. The summed E-state index contributed by atoms with van der Waals surface area (Å²) in [5.41, 5.74) is 3.17. The van der Waals surface area contributed by atoms with E-state index >= 15 is 0 Å². The van der Waals surface area contributed by atoms with E-state index in [0.717, 1.165) is 42.6 Å². The van der Waals surface area contributed by atoms with Crippen molar-refractivity contribution < 1.29 is 4.74 Å². The van der Waals surface area contributed by atoms with Crippen molar-refractivity contribution in [2.24, 2.45) is 5.92 Å². The van der Waals surface area contributed by atoms with Gasteiger partial charge in [-0.2, -0.15) is 5.10 Å². The molecule has 0 saturated carbocycles. The van der Waals surface area contributed by atoms with E-state index in [-0.39, 0.29) is 5.56 Å². The fraction of sp³-hybridized carbons (Fsp3) is 0.286. The standard InChI is InChI=1S/C28H28ClN5O2/c1-33-12-10-20(11-13-33)19-36-25-16-30-28(31-17-25)23-6-2-4-21(14-23)18-34-27(35)9-8-26(32-34)22-5-3-7-24(29)15-22/h2-9,14-17,20H,10-13,18-19H2,1H3. The highest BCUT2D eigenvalue weighted by molar-refractivity contribution is 6.30. The Balaban J connectivity index is 1.27. The molecule has 184 valence electrons. The van der Waals surface area contributed by atoms with Gasteiger partial charge in [-0.05, 0) is 68.7 Å². The third-order valence-corrected chi connectivity index (χ3v) is 6.69. The molecule has 2 aromatic carbocycles. The molecule has 0 N–H and O–H groups in total. The Morgan fingerprint density at radius 1 is 0.972 bits per heavy atom. The van der Waals surface area contributed by atoms with E-state index in [1.807, 2.05) is 48.5 Å². The average molecular weight is 502 g/mol. The molecular weight excluding hydrogens is 474 g/mol. The van der Waals surface area contributed by atoms with E-state index in [4.69, 9.17) is 16.3 Å². The van der Waals surface area contributed by atoms with Gasteiger partial charge in [0.1, 0.15) is 0 Å². The molecule has 0 unspecified atom stereocenters. The molecule has 1 saturated heterocycles. The Bertz CT molecular complexity index is 1380. The molecule has 0 atom stereocenters. The zero-order chi connectivity index (χ0) is 24.9. The van der Waals surface area contributed by atoms with Gasteiger partial charge in [-0.15, -0.1) is 0 Å². The van der Waals surface area contributed by atoms with Crippen molar-refractivity contribution in [3.8, 4) is 28.4 Å². The zero-order valence-corrected chi connectivity index (χ0v) is 20.9. The third kappa shape index (κ3) is 5.98. The number of benzene rings is 2. The first-order valence-electron chi connectivity index (χ1n) is 12.1. The number of ether oxygens (including phenoxy) is 1. The van der Waals surface area contributed by atoms with Gasteiger partial charge in [-0.3, -0.25) is 4.79 Å². The molecule has 4 aromatic rings. The SMILES string of the molecule is CN1CCC(COc2cnc(-c3cccc(Cn4nc(-c5cccc(Cl)c5)ccc4=O)c3)nc2)CC1. The maximum absolute atomic E-state index is 12.5. The summed E-state index contributed by atoms with van der Waals surface area (Å²) >= 11 is 6.12. The Morgan fingerprint density at radius 2 is 1.72 bits per heavy atom. The third-order valence-electron chi connectivity index (χ3n) is 6.46. The van der Waals surface area contributed by atoms with Crippen LogP contribution in [0, 0.1) is 5.92 Å². The summed E-state index contributed by atoms with van der Waals surface area (Å²) in [5.74, 6) is 1.87. The first kappa shape index (κ1) is 24.2. The van der Waals surface area contributed by atoms with Crippen LogP contribution in [-0.4, -0.2) is 51.4 Å². The van der Waals surface area contributed by atoms with E-state index in [9.17, 15) is 4.79 Å². The quantitative estimate of drug-likeness (QED) is 0.362. The fourth-order valence-electron chi connectivity index (χ4n) is 4.33. The minimum atomic E-state index is -0.173. The molecule has 7 nitrogen and oxygen atoms in total. The molecule has 1 aliphatic rings. The number of hydrogen-bond donors (Lipinski definition) is 0. The molecular formula is C28H28ClN5O2. The predicted molar refractivity (Wildman–Crippen MR) is 141 cm³/mol. The van der Waals surface area contributed by atoms with Crippen molar-refractivity contribution in [3.63, 3.8) is 0 Å². The van der Waals surface area contributed by atoms with Crippen LogP contribution in [0.2, 0.25) is 5.02 Å². The van der Waals surface area contributed by atoms with Gasteiger partial charge in [0, 0.05) is 22.2 Å². The molecule has 5 rings (SSSR count). The lowest BCUT2D eigenvalue weighted by atomic mass is 9.98. The van der Waals surface area contributed by atoms with Gasteiger partial charge in [0.05, 0.1) is 31.2 Å². The van der Waals surface area contributed by atoms with Crippen molar-refractivity contribution in [3.05, 3.63) is 94.0 Å². The summed E-state index contributed by atoms with van der Waals surface area (Å²) < 4.78 is 7.40. The van der Waals surface area contributed by atoms with Gasteiger partial charge in [0.2, 0.25) is 0 Å². The summed E-state index contributed by atoms with van der Waals surface area (Å²) in [5, 5.41) is 5.17. The minimum absolute atomic E-state index is 0.173. The van der Waals surface area contributed by atoms with Crippen molar-refractivity contribution in [2.45, 2.75) is 19.4 Å². The zero-order valence-electron chi connectivity index (χ0n) is 20.2. The van der Waals surface area contributed by atoms with Crippen molar-refractivity contribution in [1.82, 2.24) is 24.6 Å². The van der Waals surface area contributed by atoms with Gasteiger partial charge in [0.25, 0.3) is 5.56 Å². The van der Waals surface area contributed by atoms with E-state index in [2.05, 4.69) is 27.0 Å². The average Bonchev–Trinajstić information content (AvgIpc) is 2.90. The highest BCUT2D eigenvalue weighted by Crippen LogP contribution is 2.22. The van der Waals surface area contributed by atoms with Crippen LogP contribution in [0.25, 0.3) is 22.6 Å². The lowest BCUT2D eigenvalue weighted by molar-refractivity contribution is 0.159. The normalized spacial score (nSPS) is 14.6. The van der Waals surface area contributed by atoms with Crippen LogP contribution in [0.5, 0.6) is 5.75 Å². The highest BCUT2D eigenvalue weighted by Gasteiger charge is 2.17. The smallest absolute Gasteiger partial charge is 0.267 e. The maximum atomic E-state index is 12.5. The van der Waals surface area contributed by atoms with Crippen LogP contribution >= 0.6 is 11.6 Å². The van der Waals surface area contributed by atoms with E-state index in [0.29, 0.717) is 41.4 Å². The Hall–Kier alpha value is -3.55. The van der Waals surface area contributed by atoms with Crippen LogP contribution in [0.15, 0.2) is 77.9 Å². The molecule has 1 aliphatic heterocycles. The number of nitrogens with zero attached hydrogens (tertiary/aromatic N) is 5. The summed E-state index contributed by atoms with van der Waals surface area (Å²) in [7, 11) is 2.16. The summed E-state index contributed by atoms with van der Waals surface area (Å²) in [6.45, 7) is 3.26. The molecule has 0 radical (unpaired) electrons. The number of rotatable bonds is 7. The molecule has 2 aromatic heterocycles. The largest absolute Gasteiger partial charge is 0.490 e. The molecule has 0 spiro atoms. The van der Waals surface area contributed by atoms with Crippen LogP contribution in [-0.2, 0) is 6.54 Å². The Morgan fingerprint density at radius 3 is 2.50 bits per heavy atom. The molecule has 0 aliphatic carbocycles. The lowest BCUT2D eigenvalue weighted by Crippen LogP contribution is -2.32. The van der Waals surface area contributed by atoms with Gasteiger partial charge in [0.15, 0.2) is 11.6 Å². The highest BCUT2D eigenvalue weighted by atomic mass is 35.5. The van der Waals surface area contributed by atoms with Crippen LogP contribution in [0.3, 0.4) is 0 Å².